The Morgan fingerprint density at radius 3 is 2.79 bits per heavy atom. The highest BCUT2D eigenvalue weighted by atomic mass is 32.2. The molecule has 0 amide bonds. The molecule has 2 heterocycles. The van der Waals surface area contributed by atoms with Gasteiger partial charge in [-0.05, 0) is 37.0 Å². The Balaban J connectivity index is 1.68. The van der Waals surface area contributed by atoms with Crippen LogP contribution in [0.5, 0.6) is 0 Å². The fourth-order valence-electron chi connectivity index (χ4n) is 2.52. The molecule has 1 aliphatic heterocycles. The van der Waals surface area contributed by atoms with Crippen molar-refractivity contribution < 1.29 is 0 Å². The number of thioether (sulfide) groups is 1. The summed E-state index contributed by atoms with van der Waals surface area (Å²) in [5.74, 6) is 0.905. The molecular formula is C18H19N3S3. The van der Waals surface area contributed by atoms with Crippen LogP contribution in [-0.4, -0.2) is 15.7 Å². The van der Waals surface area contributed by atoms with Crippen molar-refractivity contribution in [3.05, 3.63) is 68.2 Å². The third-order valence-electron chi connectivity index (χ3n) is 3.67. The number of benzene rings is 1. The van der Waals surface area contributed by atoms with Gasteiger partial charge in [-0.15, -0.1) is 11.8 Å². The Morgan fingerprint density at radius 1 is 1.12 bits per heavy atom. The highest BCUT2D eigenvalue weighted by Gasteiger charge is 2.10. The first kappa shape index (κ1) is 17.2. The summed E-state index contributed by atoms with van der Waals surface area (Å²) in [6.45, 7) is 0. The van der Waals surface area contributed by atoms with Gasteiger partial charge in [0.1, 0.15) is 4.64 Å². The molecule has 0 atom stereocenters. The minimum Gasteiger partial charge on any atom is -0.347 e. The maximum Gasteiger partial charge on any atom is 0.175 e. The molecule has 0 unspecified atom stereocenters. The summed E-state index contributed by atoms with van der Waals surface area (Å²) in [6.07, 6.45) is 9.66. The Kier molecular flexibility index (Phi) is 6.07. The van der Waals surface area contributed by atoms with Crippen molar-refractivity contribution in [3.8, 4) is 0 Å². The van der Waals surface area contributed by atoms with Gasteiger partial charge in [0.15, 0.2) is 4.77 Å². The van der Waals surface area contributed by atoms with E-state index in [9.17, 15) is 0 Å². The predicted octanol–water partition coefficient (Wildman–Crippen LogP) is 5.84. The van der Waals surface area contributed by atoms with Gasteiger partial charge in [-0.1, -0.05) is 60.8 Å². The van der Waals surface area contributed by atoms with Gasteiger partial charge in [-0.25, -0.2) is 0 Å². The van der Waals surface area contributed by atoms with Gasteiger partial charge in [0.05, 0.1) is 10.7 Å². The van der Waals surface area contributed by atoms with Gasteiger partial charge in [-0.2, -0.15) is 0 Å². The van der Waals surface area contributed by atoms with Crippen molar-refractivity contribution in [2.75, 3.05) is 11.1 Å². The molecule has 0 radical (unpaired) electrons. The molecule has 0 fully saturated rings. The van der Waals surface area contributed by atoms with E-state index in [1.165, 1.54) is 5.56 Å². The zero-order valence-corrected chi connectivity index (χ0v) is 15.6. The Morgan fingerprint density at radius 2 is 1.96 bits per heavy atom. The SMILES string of the molecule is S=c1[nH]c2c(c(=S)[nH]1)N/C(SC/C=C/c1ccccc1)=C/CCC2. The van der Waals surface area contributed by atoms with Crippen LogP contribution >= 0.6 is 36.2 Å². The van der Waals surface area contributed by atoms with Gasteiger partial charge in [0, 0.05) is 11.4 Å². The van der Waals surface area contributed by atoms with Crippen molar-refractivity contribution in [1.29, 1.82) is 0 Å². The fraction of sp³-hybridized carbons (Fsp3) is 0.222. The van der Waals surface area contributed by atoms with Crippen LogP contribution in [0.2, 0.25) is 0 Å². The van der Waals surface area contributed by atoms with E-state index in [4.69, 9.17) is 24.4 Å². The van der Waals surface area contributed by atoms with Gasteiger partial charge < -0.3 is 15.3 Å². The van der Waals surface area contributed by atoms with E-state index < -0.39 is 0 Å². The molecule has 1 aromatic carbocycles. The molecule has 124 valence electrons. The van der Waals surface area contributed by atoms with Gasteiger partial charge in [-0.3, -0.25) is 0 Å². The average molecular weight is 374 g/mol. The minimum absolute atomic E-state index is 0.588. The van der Waals surface area contributed by atoms with Crippen LogP contribution in [0.15, 0.2) is 47.5 Å². The molecule has 3 rings (SSSR count). The number of hydrogen-bond donors (Lipinski definition) is 3. The standard InChI is InChI=1S/C18H19N3S3/c22-17-16-14(19-18(23)21-17)10-4-5-11-15(20-16)24-12-6-9-13-7-2-1-3-8-13/h1-3,6-9,11,20H,4-5,10,12H2,(H2,19,21,22,23)/b9-6+,15-11-. The number of rotatable bonds is 4. The van der Waals surface area contributed by atoms with Crippen molar-refractivity contribution >= 4 is 48.0 Å². The Labute approximate surface area is 156 Å². The number of aromatic amines is 2. The van der Waals surface area contributed by atoms with E-state index in [1.54, 1.807) is 11.8 Å². The molecule has 1 aliphatic rings. The molecule has 0 saturated carbocycles. The molecule has 0 saturated heterocycles. The maximum atomic E-state index is 5.43. The van der Waals surface area contributed by atoms with Crippen LogP contribution in [-0.2, 0) is 6.42 Å². The molecular weight excluding hydrogens is 354 g/mol. The number of H-pyrrole nitrogens is 2. The number of nitrogens with one attached hydrogen (secondary N) is 3. The van der Waals surface area contributed by atoms with E-state index >= 15 is 0 Å². The molecule has 0 spiro atoms. The van der Waals surface area contributed by atoms with E-state index in [0.29, 0.717) is 9.41 Å². The molecule has 0 bridgehead atoms. The zero-order chi connectivity index (χ0) is 16.8. The van der Waals surface area contributed by atoms with Crippen LogP contribution < -0.4 is 5.32 Å². The van der Waals surface area contributed by atoms with Gasteiger partial charge >= 0.3 is 0 Å². The summed E-state index contributed by atoms with van der Waals surface area (Å²) < 4.78 is 1.26. The monoisotopic (exact) mass is 373 g/mol. The third kappa shape index (κ3) is 4.69. The number of fused-ring (bicyclic) bond motifs is 1. The number of allylic oxidation sites excluding steroid dienone is 1. The Hall–Kier alpha value is -1.63. The predicted molar refractivity (Wildman–Crippen MR) is 109 cm³/mol. The van der Waals surface area contributed by atoms with Crippen LogP contribution in [0.25, 0.3) is 6.08 Å². The van der Waals surface area contributed by atoms with Crippen LogP contribution in [0, 0.1) is 9.41 Å². The average Bonchev–Trinajstić information content (AvgIpc) is 2.56. The minimum atomic E-state index is 0.588. The lowest BCUT2D eigenvalue weighted by atomic mass is 10.1. The zero-order valence-electron chi connectivity index (χ0n) is 13.2. The summed E-state index contributed by atoms with van der Waals surface area (Å²) >= 11 is 12.4. The van der Waals surface area contributed by atoms with Gasteiger partial charge in [0.25, 0.3) is 0 Å². The van der Waals surface area contributed by atoms with Crippen molar-refractivity contribution in [2.45, 2.75) is 19.3 Å². The second-order valence-corrected chi connectivity index (χ2v) is 7.35. The van der Waals surface area contributed by atoms with Gasteiger partial charge in [0.2, 0.25) is 0 Å². The molecule has 6 heteroatoms. The summed E-state index contributed by atoms with van der Waals surface area (Å²) in [4.78, 5) is 6.24. The van der Waals surface area contributed by atoms with E-state index in [-0.39, 0.29) is 0 Å². The van der Waals surface area contributed by atoms with Crippen LogP contribution in [0.1, 0.15) is 24.1 Å². The largest absolute Gasteiger partial charge is 0.347 e. The third-order valence-corrected chi connectivity index (χ3v) is 5.12. The summed E-state index contributed by atoms with van der Waals surface area (Å²) in [6, 6.07) is 10.3. The smallest absolute Gasteiger partial charge is 0.175 e. The first-order chi connectivity index (χ1) is 11.7. The Bertz CT molecular complexity index is 863. The quantitative estimate of drug-likeness (QED) is 0.589. The molecule has 0 aliphatic carbocycles. The summed E-state index contributed by atoms with van der Waals surface area (Å²) in [7, 11) is 0. The second-order valence-electron chi connectivity index (χ2n) is 5.47. The molecule has 3 nitrogen and oxygen atoms in total. The lowest BCUT2D eigenvalue weighted by Gasteiger charge is -2.17. The molecule has 1 aromatic heterocycles. The first-order valence-corrected chi connectivity index (χ1v) is 9.69. The number of aromatic nitrogens is 2. The van der Waals surface area contributed by atoms with Crippen LogP contribution in [0.3, 0.4) is 0 Å². The topological polar surface area (TPSA) is 43.6 Å². The summed E-state index contributed by atoms with van der Waals surface area (Å²) in [5.41, 5.74) is 3.26. The van der Waals surface area contributed by atoms with Crippen molar-refractivity contribution in [1.82, 2.24) is 9.97 Å². The van der Waals surface area contributed by atoms with E-state index in [0.717, 1.165) is 41.4 Å². The lowest BCUT2D eigenvalue weighted by Crippen LogP contribution is -2.07. The lowest BCUT2D eigenvalue weighted by molar-refractivity contribution is 0.803. The second kappa shape index (κ2) is 8.46. The normalized spacial score (nSPS) is 16.6. The summed E-state index contributed by atoms with van der Waals surface area (Å²) in [5, 5.41) is 4.61. The van der Waals surface area contributed by atoms with Crippen LogP contribution in [0.4, 0.5) is 5.69 Å². The highest BCUT2D eigenvalue weighted by Crippen LogP contribution is 2.26. The molecule has 2 aromatic rings. The first-order valence-electron chi connectivity index (χ1n) is 7.89. The fourth-order valence-corrected chi connectivity index (χ4v) is 3.87. The number of aryl methyl sites for hydroxylation is 1. The van der Waals surface area contributed by atoms with E-state index in [1.807, 2.05) is 18.2 Å². The number of anilines is 1. The number of hydrogen-bond acceptors (Lipinski definition) is 4. The highest BCUT2D eigenvalue weighted by molar-refractivity contribution is 8.03. The van der Waals surface area contributed by atoms with E-state index in [2.05, 4.69) is 45.6 Å². The van der Waals surface area contributed by atoms with Crippen molar-refractivity contribution in [3.63, 3.8) is 0 Å². The molecule has 24 heavy (non-hydrogen) atoms. The maximum absolute atomic E-state index is 5.43. The molecule has 3 N–H and O–H groups in total. The van der Waals surface area contributed by atoms with Crippen molar-refractivity contribution in [2.24, 2.45) is 0 Å².